The van der Waals surface area contributed by atoms with Gasteiger partial charge in [-0.2, -0.15) is 0 Å². The van der Waals surface area contributed by atoms with E-state index < -0.39 is 10.8 Å². The van der Waals surface area contributed by atoms with E-state index in [9.17, 15) is 14.9 Å². The summed E-state index contributed by atoms with van der Waals surface area (Å²) in [5.41, 5.74) is 0.543. The molecule has 0 bridgehead atoms. The molecule has 0 aliphatic heterocycles. The molecule has 0 heterocycles. The van der Waals surface area contributed by atoms with Crippen molar-refractivity contribution in [3.8, 4) is 17.2 Å². The molecule has 0 fully saturated rings. The molecule has 0 atom stereocenters. The minimum atomic E-state index is -0.624. The van der Waals surface area contributed by atoms with Crippen LogP contribution < -0.4 is 19.5 Å². The molecular weight excluding hydrogens is 380 g/mol. The van der Waals surface area contributed by atoms with Crippen molar-refractivity contribution in [2.45, 2.75) is 6.42 Å². The van der Waals surface area contributed by atoms with Crippen LogP contribution in [0.4, 0.5) is 5.69 Å². The van der Waals surface area contributed by atoms with Crippen molar-refractivity contribution in [2.24, 2.45) is 0 Å². The molecule has 0 unspecified atom stereocenters. The third kappa shape index (κ3) is 6.08. The third-order valence-corrected chi connectivity index (χ3v) is 4.13. The average Bonchev–Trinajstić information content (AvgIpc) is 2.73. The molecule has 0 radical (unpaired) electrons. The Kier molecular flexibility index (Phi) is 8.23. The van der Waals surface area contributed by atoms with Gasteiger partial charge in [-0.15, -0.1) is 0 Å². The number of nitrogens with zero attached hydrogens (tertiary/aromatic N) is 1. The van der Waals surface area contributed by atoms with Crippen LogP contribution in [0.2, 0.25) is 0 Å². The molecule has 0 spiro atoms. The lowest BCUT2D eigenvalue weighted by molar-refractivity contribution is -0.385. The predicted molar refractivity (Wildman–Crippen MR) is 106 cm³/mol. The smallest absolute Gasteiger partial charge is 0.286 e. The fourth-order valence-electron chi connectivity index (χ4n) is 2.60. The lowest BCUT2D eigenvalue weighted by Crippen LogP contribution is -2.26. The fraction of sp³-hybridized carbons (Fsp3) is 0.350. The topological polar surface area (TPSA) is 109 Å². The van der Waals surface area contributed by atoms with E-state index >= 15 is 0 Å². The van der Waals surface area contributed by atoms with Crippen LogP contribution in [0.15, 0.2) is 36.4 Å². The Bertz CT molecular complexity index is 837. The number of hydrogen-bond acceptors (Lipinski definition) is 7. The lowest BCUT2D eigenvalue weighted by Gasteiger charge is -2.13. The first-order valence-electron chi connectivity index (χ1n) is 8.89. The van der Waals surface area contributed by atoms with Gasteiger partial charge in [0.25, 0.3) is 11.6 Å². The van der Waals surface area contributed by atoms with Crippen molar-refractivity contribution in [3.63, 3.8) is 0 Å². The van der Waals surface area contributed by atoms with Gasteiger partial charge in [-0.25, -0.2) is 0 Å². The second kappa shape index (κ2) is 10.9. The van der Waals surface area contributed by atoms with E-state index in [1.165, 1.54) is 26.4 Å². The Morgan fingerprint density at radius 3 is 2.34 bits per heavy atom. The first-order valence-corrected chi connectivity index (χ1v) is 8.89. The van der Waals surface area contributed by atoms with Crippen molar-refractivity contribution >= 4 is 11.6 Å². The lowest BCUT2D eigenvalue weighted by atomic mass is 10.1. The van der Waals surface area contributed by atoms with Crippen LogP contribution in [-0.2, 0) is 11.2 Å². The fourth-order valence-corrected chi connectivity index (χ4v) is 2.60. The quantitative estimate of drug-likeness (QED) is 0.348. The zero-order valence-corrected chi connectivity index (χ0v) is 16.6. The molecule has 2 aromatic rings. The van der Waals surface area contributed by atoms with Crippen molar-refractivity contribution in [2.75, 3.05) is 41.1 Å². The SMILES string of the molecule is COCCOc1cc([N+](=O)[O-])c(C(=O)NCCc2ccc(OC)cc2)cc1OC. The van der Waals surface area contributed by atoms with E-state index in [1.807, 2.05) is 24.3 Å². The Balaban J connectivity index is 2.11. The number of benzene rings is 2. The number of hydrogen-bond donors (Lipinski definition) is 1. The first-order chi connectivity index (χ1) is 14.0. The zero-order chi connectivity index (χ0) is 21.2. The van der Waals surface area contributed by atoms with E-state index in [0.29, 0.717) is 19.6 Å². The van der Waals surface area contributed by atoms with Crippen molar-refractivity contribution in [1.29, 1.82) is 0 Å². The molecule has 0 aliphatic rings. The summed E-state index contributed by atoms with van der Waals surface area (Å²) in [5, 5.41) is 14.2. The molecule has 29 heavy (non-hydrogen) atoms. The van der Waals surface area contributed by atoms with Gasteiger partial charge in [0, 0.05) is 19.7 Å². The molecule has 156 valence electrons. The number of ether oxygens (including phenoxy) is 4. The predicted octanol–water partition coefficient (Wildman–Crippen LogP) is 2.61. The van der Waals surface area contributed by atoms with Gasteiger partial charge >= 0.3 is 0 Å². The summed E-state index contributed by atoms with van der Waals surface area (Å²) >= 11 is 0. The number of nitro benzene ring substituents is 1. The summed E-state index contributed by atoms with van der Waals surface area (Å²) in [6.45, 7) is 0.818. The van der Waals surface area contributed by atoms with Crippen molar-refractivity contribution in [1.82, 2.24) is 5.32 Å². The number of methoxy groups -OCH3 is 3. The monoisotopic (exact) mass is 404 g/mol. The molecule has 9 heteroatoms. The molecule has 0 saturated heterocycles. The maximum atomic E-state index is 12.5. The average molecular weight is 404 g/mol. The number of rotatable bonds is 11. The molecule has 0 aromatic heterocycles. The van der Waals surface area contributed by atoms with Crippen molar-refractivity contribution in [3.05, 3.63) is 57.6 Å². The van der Waals surface area contributed by atoms with Crippen LogP contribution >= 0.6 is 0 Å². The van der Waals surface area contributed by atoms with E-state index in [0.717, 1.165) is 11.3 Å². The van der Waals surface area contributed by atoms with Crippen LogP contribution in [0.1, 0.15) is 15.9 Å². The van der Waals surface area contributed by atoms with Crippen LogP contribution in [-0.4, -0.2) is 51.9 Å². The third-order valence-electron chi connectivity index (χ3n) is 4.13. The van der Waals surface area contributed by atoms with Gasteiger partial charge in [0.15, 0.2) is 11.5 Å². The van der Waals surface area contributed by atoms with Crippen LogP contribution in [0.25, 0.3) is 0 Å². The minimum Gasteiger partial charge on any atom is -0.497 e. The first kappa shape index (κ1) is 22.0. The summed E-state index contributed by atoms with van der Waals surface area (Å²) in [6.07, 6.45) is 0.568. The summed E-state index contributed by atoms with van der Waals surface area (Å²) in [7, 11) is 4.50. The van der Waals surface area contributed by atoms with Gasteiger partial charge in [0.2, 0.25) is 0 Å². The Morgan fingerprint density at radius 2 is 1.76 bits per heavy atom. The number of carbonyl (C=O) groups is 1. The van der Waals surface area contributed by atoms with Gasteiger partial charge in [0.05, 0.1) is 31.8 Å². The van der Waals surface area contributed by atoms with Gasteiger partial charge in [-0.1, -0.05) is 12.1 Å². The normalized spacial score (nSPS) is 10.3. The standard InChI is InChI=1S/C20H24N2O7/c1-26-10-11-29-19-13-17(22(24)25)16(12-18(19)28-3)20(23)21-9-8-14-4-6-15(27-2)7-5-14/h4-7,12-13H,8-11H2,1-3H3,(H,21,23). The molecule has 2 rings (SSSR count). The second-order valence-corrected chi connectivity index (χ2v) is 5.97. The molecule has 2 aromatic carbocycles. The summed E-state index contributed by atoms with van der Waals surface area (Å²) in [5.74, 6) is 0.582. The summed E-state index contributed by atoms with van der Waals surface area (Å²) < 4.78 is 20.7. The van der Waals surface area contributed by atoms with E-state index in [-0.39, 0.29) is 29.4 Å². The van der Waals surface area contributed by atoms with Crippen LogP contribution in [0.3, 0.4) is 0 Å². The van der Waals surface area contributed by atoms with Gasteiger partial charge in [0.1, 0.15) is 17.9 Å². The Hall–Kier alpha value is -3.33. The maximum absolute atomic E-state index is 12.5. The van der Waals surface area contributed by atoms with E-state index in [2.05, 4.69) is 5.32 Å². The number of amides is 1. The Morgan fingerprint density at radius 1 is 1.03 bits per heavy atom. The number of nitrogens with one attached hydrogen (secondary N) is 1. The highest BCUT2D eigenvalue weighted by Gasteiger charge is 2.24. The minimum absolute atomic E-state index is 0.0966. The molecule has 1 N–H and O–H groups in total. The van der Waals surface area contributed by atoms with Gasteiger partial charge < -0.3 is 24.3 Å². The maximum Gasteiger partial charge on any atom is 0.286 e. The second-order valence-electron chi connectivity index (χ2n) is 5.97. The summed E-state index contributed by atoms with van der Waals surface area (Å²) in [6, 6.07) is 9.94. The van der Waals surface area contributed by atoms with Crippen molar-refractivity contribution < 1.29 is 28.7 Å². The molecule has 0 saturated carbocycles. The zero-order valence-electron chi connectivity index (χ0n) is 16.6. The van der Waals surface area contributed by atoms with Crippen LogP contribution in [0.5, 0.6) is 17.2 Å². The Labute approximate surface area is 168 Å². The number of nitro groups is 1. The van der Waals surface area contributed by atoms with Crippen LogP contribution in [0, 0.1) is 10.1 Å². The molecule has 0 aliphatic carbocycles. The highest BCUT2D eigenvalue weighted by molar-refractivity contribution is 5.99. The number of carbonyl (C=O) groups excluding carboxylic acids is 1. The van der Waals surface area contributed by atoms with Gasteiger partial charge in [-0.05, 0) is 24.1 Å². The summed E-state index contributed by atoms with van der Waals surface area (Å²) in [4.78, 5) is 23.4. The molecule has 9 nitrogen and oxygen atoms in total. The molecule has 1 amide bonds. The molecular formula is C20H24N2O7. The highest BCUT2D eigenvalue weighted by Crippen LogP contribution is 2.34. The highest BCUT2D eigenvalue weighted by atomic mass is 16.6. The van der Waals surface area contributed by atoms with Gasteiger partial charge in [-0.3, -0.25) is 14.9 Å². The van der Waals surface area contributed by atoms with E-state index in [4.69, 9.17) is 18.9 Å². The van der Waals surface area contributed by atoms with E-state index in [1.54, 1.807) is 7.11 Å². The largest absolute Gasteiger partial charge is 0.497 e.